The third-order valence-corrected chi connectivity index (χ3v) is 4.93. The minimum Gasteiger partial charge on any atom is -0.355 e. The van der Waals surface area contributed by atoms with Crippen molar-refractivity contribution >= 4 is 5.91 Å². The summed E-state index contributed by atoms with van der Waals surface area (Å²) in [6, 6.07) is 8.98. The molecular weight excluding hydrogens is 350 g/mol. The first-order valence-corrected chi connectivity index (χ1v) is 8.72. The molecule has 138 valence electrons. The maximum atomic E-state index is 14.1. The molecule has 4 nitrogen and oxygen atoms in total. The molecule has 4 rings (SSSR count). The van der Waals surface area contributed by atoms with Gasteiger partial charge in [-0.15, -0.1) is 0 Å². The van der Waals surface area contributed by atoms with Gasteiger partial charge in [0, 0.05) is 40.9 Å². The van der Waals surface area contributed by atoms with Gasteiger partial charge in [-0.2, -0.15) is 0 Å². The van der Waals surface area contributed by atoms with Gasteiger partial charge in [0.15, 0.2) is 5.76 Å². The van der Waals surface area contributed by atoms with Crippen LogP contribution in [-0.4, -0.2) is 22.0 Å². The van der Waals surface area contributed by atoms with Crippen LogP contribution in [0.1, 0.15) is 35.3 Å². The Hall–Kier alpha value is -3.02. The molecule has 0 unspecified atom stereocenters. The number of hydrogen-bond donors (Lipinski definition) is 0. The Balaban J connectivity index is 1.74. The first-order chi connectivity index (χ1) is 12.9. The Kier molecular flexibility index (Phi) is 4.06. The first kappa shape index (κ1) is 17.4. The Bertz CT molecular complexity index is 1060. The van der Waals surface area contributed by atoms with E-state index in [9.17, 15) is 13.6 Å². The second kappa shape index (κ2) is 6.30. The fourth-order valence-corrected chi connectivity index (χ4v) is 3.44. The van der Waals surface area contributed by atoms with Crippen LogP contribution < -0.4 is 0 Å². The molecule has 0 fully saturated rings. The van der Waals surface area contributed by atoms with Crippen molar-refractivity contribution in [3.63, 3.8) is 0 Å². The molecule has 0 radical (unpaired) electrons. The molecule has 1 amide bonds. The number of fused-ring (bicyclic) bond motifs is 1. The Morgan fingerprint density at radius 3 is 2.56 bits per heavy atom. The average Bonchev–Trinajstić information content (AvgIpc) is 3.15. The number of halogens is 2. The van der Waals surface area contributed by atoms with Crippen LogP contribution in [0.3, 0.4) is 0 Å². The van der Waals surface area contributed by atoms with E-state index in [0.717, 1.165) is 17.2 Å². The quantitative estimate of drug-likeness (QED) is 0.656. The van der Waals surface area contributed by atoms with Crippen LogP contribution in [0.5, 0.6) is 0 Å². The molecule has 1 aliphatic heterocycles. The van der Waals surface area contributed by atoms with E-state index in [1.165, 1.54) is 12.1 Å². The summed E-state index contributed by atoms with van der Waals surface area (Å²) in [5.41, 5.74) is 3.57. The van der Waals surface area contributed by atoms with Crippen LogP contribution in [0, 0.1) is 18.6 Å². The first-order valence-electron chi connectivity index (χ1n) is 8.72. The number of benzene rings is 2. The number of rotatable bonds is 3. The van der Waals surface area contributed by atoms with Gasteiger partial charge in [-0.3, -0.25) is 4.79 Å². The molecule has 2 aromatic carbocycles. The van der Waals surface area contributed by atoms with Crippen molar-refractivity contribution in [3.05, 3.63) is 64.7 Å². The summed E-state index contributed by atoms with van der Waals surface area (Å²) in [6.07, 6.45) is 0. The van der Waals surface area contributed by atoms with Gasteiger partial charge in [-0.1, -0.05) is 11.2 Å². The van der Waals surface area contributed by atoms with Crippen LogP contribution in [0.2, 0.25) is 0 Å². The van der Waals surface area contributed by atoms with Gasteiger partial charge in [-0.05, 0) is 50.6 Å². The smallest absolute Gasteiger partial charge is 0.254 e. The zero-order valence-corrected chi connectivity index (χ0v) is 15.2. The van der Waals surface area contributed by atoms with E-state index in [2.05, 4.69) is 5.16 Å². The summed E-state index contributed by atoms with van der Waals surface area (Å²) < 4.78 is 32.7. The van der Waals surface area contributed by atoms with Gasteiger partial charge >= 0.3 is 0 Å². The zero-order valence-electron chi connectivity index (χ0n) is 15.2. The van der Waals surface area contributed by atoms with Crippen LogP contribution in [0.4, 0.5) is 8.78 Å². The van der Waals surface area contributed by atoms with Crippen molar-refractivity contribution in [1.82, 2.24) is 10.1 Å². The summed E-state index contributed by atoms with van der Waals surface area (Å²) in [7, 11) is 0. The molecule has 1 aliphatic rings. The van der Waals surface area contributed by atoms with E-state index < -0.39 is 11.6 Å². The fraction of sp³-hybridized carbons (Fsp3) is 0.238. The molecule has 0 saturated heterocycles. The molecule has 6 heteroatoms. The van der Waals surface area contributed by atoms with Crippen LogP contribution in [-0.2, 0) is 6.54 Å². The molecule has 3 aromatic rings. The lowest BCUT2D eigenvalue weighted by Crippen LogP contribution is -2.30. The lowest BCUT2D eigenvalue weighted by Gasteiger charge is -2.19. The topological polar surface area (TPSA) is 46.3 Å². The highest BCUT2D eigenvalue weighted by Crippen LogP contribution is 2.35. The number of hydrogen-bond acceptors (Lipinski definition) is 3. The minimum atomic E-state index is -0.690. The van der Waals surface area contributed by atoms with Gasteiger partial charge in [0.05, 0.1) is 0 Å². The summed E-state index contributed by atoms with van der Waals surface area (Å²) in [5, 5.41) is 3.99. The minimum absolute atomic E-state index is 0.0231. The number of carbonyl (C=O) groups is 1. The van der Waals surface area contributed by atoms with Gasteiger partial charge in [-0.25, -0.2) is 8.78 Å². The van der Waals surface area contributed by atoms with Gasteiger partial charge in [0.25, 0.3) is 5.91 Å². The molecular formula is C21H18F2N2O2. The second-order valence-corrected chi connectivity index (χ2v) is 7.01. The van der Waals surface area contributed by atoms with E-state index in [4.69, 9.17) is 4.52 Å². The normalized spacial score (nSPS) is 13.6. The van der Waals surface area contributed by atoms with Gasteiger partial charge < -0.3 is 9.42 Å². The van der Waals surface area contributed by atoms with E-state index in [0.29, 0.717) is 29.1 Å². The number of carbonyl (C=O) groups excluding carboxylic acids is 1. The average molecular weight is 368 g/mol. The highest BCUT2D eigenvalue weighted by molar-refractivity contribution is 5.99. The lowest BCUT2D eigenvalue weighted by atomic mass is 10.00. The Labute approximate surface area is 155 Å². The van der Waals surface area contributed by atoms with Crippen molar-refractivity contribution in [3.8, 4) is 22.6 Å². The maximum absolute atomic E-state index is 14.1. The molecule has 1 aromatic heterocycles. The molecule has 0 bridgehead atoms. The zero-order chi connectivity index (χ0) is 19.3. The highest BCUT2D eigenvalue weighted by atomic mass is 19.1. The monoisotopic (exact) mass is 368 g/mol. The summed E-state index contributed by atoms with van der Waals surface area (Å²) in [6.45, 7) is 6.29. The van der Waals surface area contributed by atoms with Gasteiger partial charge in [0.1, 0.15) is 17.3 Å². The second-order valence-electron chi connectivity index (χ2n) is 7.01. The molecule has 0 atom stereocenters. The van der Waals surface area contributed by atoms with Crippen molar-refractivity contribution in [2.75, 3.05) is 0 Å². The molecule has 0 spiro atoms. The third-order valence-electron chi connectivity index (χ3n) is 4.93. The van der Waals surface area contributed by atoms with E-state index in [1.807, 2.05) is 19.9 Å². The van der Waals surface area contributed by atoms with Crippen molar-refractivity contribution < 1.29 is 18.1 Å². The lowest BCUT2D eigenvalue weighted by molar-refractivity contribution is 0.0730. The van der Waals surface area contributed by atoms with Crippen LogP contribution in [0.15, 0.2) is 40.9 Å². The van der Waals surface area contributed by atoms with Gasteiger partial charge in [0.2, 0.25) is 0 Å². The Morgan fingerprint density at radius 1 is 1.11 bits per heavy atom. The van der Waals surface area contributed by atoms with Crippen LogP contribution in [0.25, 0.3) is 22.6 Å². The number of aromatic nitrogens is 1. The third kappa shape index (κ3) is 2.81. The molecule has 2 heterocycles. The maximum Gasteiger partial charge on any atom is 0.254 e. The van der Waals surface area contributed by atoms with E-state index in [-0.39, 0.29) is 17.5 Å². The summed E-state index contributed by atoms with van der Waals surface area (Å²) >= 11 is 0. The van der Waals surface area contributed by atoms with E-state index in [1.54, 1.807) is 24.0 Å². The molecule has 0 N–H and O–H groups in total. The summed E-state index contributed by atoms with van der Waals surface area (Å²) in [4.78, 5) is 14.2. The van der Waals surface area contributed by atoms with Crippen molar-refractivity contribution in [2.24, 2.45) is 0 Å². The molecule has 0 saturated carbocycles. The Morgan fingerprint density at radius 2 is 1.85 bits per heavy atom. The summed E-state index contributed by atoms with van der Waals surface area (Å²) in [5.74, 6) is -0.803. The molecule has 27 heavy (non-hydrogen) atoms. The predicted molar refractivity (Wildman–Crippen MR) is 97.0 cm³/mol. The highest BCUT2D eigenvalue weighted by Gasteiger charge is 2.30. The number of nitrogens with zero attached hydrogens (tertiary/aromatic N) is 2. The van der Waals surface area contributed by atoms with Crippen LogP contribution >= 0.6 is 0 Å². The number of amides is 1. The predicted octanol–water partition coefficient (Wildman–Crippen LogP) is 4.96. The standard InChI is InChI=1S/C21H18F2N2O2/c1-11(2)25-10-14-8-13(4-6-16(14)21(25)26)20-12(3)19(24-27-20)17-7-5-15(22)9-18(17)23/h4-9,11H,10H2,1-3H3. The van der Waals surface area contributed by atoms with Crippen molar-refractivity contribution in [1.29, 1.82) is 0 Å². The molecule has 0 aliphatic carbocycles. The SMILES string of the molecule is Cc1c(-c2ccc(F)cc2F)noc1-c1ccc2c(c1)CN(C(C)C)C2=O. The largest absolute Gasteiger partial charge is 0.355 e. The van der Waals surface area contributed by atoms with E-state index >= 15 is 0 Å². The fourth-order valence-electron chi connectivity index (χ4n) is 3.44. The van der Waals surface area contributed by atoms with Crippen molar-refractivity contribution in [2.45, 2.75) is 33.4 Å².